The maximum absolute atomic E-state index is 13.0. The zero-order chi connectivity index (χ0) is 16.4. The molecule has 0 amide bonds. The molecule has 2 heterocycles. The normalized spacial score (nSPS) is 11.3. The molecule has 0 aliphatic carbocycles. The Hall–Kier alpha value is -2.98. The predicted molar refractivity (Wildman–Crippen MR) is 101 cm³/mol. The molecule has 0 N–H and O–H groups in total. The van der Waals surface area contributed by atoms with Gasteiger partial charge in [-0.2, -0.15) is 11.3 Å². The number of aromatic nitrogens is 2. The van der Waals surface area contributed by atoms with Crippen LogP contribution >= 0.6 is 11.3 Å². The van der Waals surface area contributed by atoms with Gasteiger partial charge in [-0.15, -0.1) is 0 Å². The minimum absolute atomic E-state index is 0.0585. The van der Waals surface area contributed by atoms with Crippen molar-refractivity contribution in [1.82, 2.24) is 9.55 Å². The zero-order valence-corrected chi connectivity index (χ0v) is 13.6. The van der Waals surface area contributed by atoms with Gasteiger partial charge in [0.15, 0.2) is 0 Å². The third-order valence-corrected chi connectivity index (χ3v) is 4.49. The van der Waals surface area contributed by atoms with E-state index in [-0.39, 0.29) is 5.56 Å². The molecule has 116 valence electrons. The molecule has 0 saturated heterocycles. The molecule has 2 aromatic carbocycles. The monoisotopic (exact) mass is 330 g/mol. The SMILES string of the molecule is O=c1c2ccccc2nc(C=Cc2ccsc2)n1-c1ccccc1. The van der Waals surface area contributed by atoms with Gasteiger partial charge in [-0.1, -0.05) is 36.4 Å². The fourth-order valence-electron chi connectivity index (χ4n) is 2.63. The number of para-hydroxylation sites is 2. The highest BCUT2D eigenvalue weighted by atomic mass is 32.1. The number of thiophene rings is 1. The number of hydrogen-bond donors (Lipinski definition) is 0. The maximum atomic E-state index is 13.0. The van der Waals surface area contributed by atoms with Crippen molar-refractivity contribution in [3.63, 3.8) is 0 Å². The summed E-state index contributed by atoms with van der Waals surface area (Å²) < 4.78 is 1.66. The lowest BCUT2D eigenvalue weighted by atomic mass is 10.2. The molecular formula is C20H14N2OS. The molecule has 4 aromatic rings. The van der Waals surface area contributed by atoms with Crippen LogP contribution in [0.4, 0.5) is 0 Å². The Bertz CT molecular complexity index is 1060. The minimum Gasteiger partial charge on any atom is -0.268 e. The Morgan fingerprint density at radius 3 is 2.50 bits per heavy atom. The standard InChI is InChI=1S/C20H14N2OS/c23-20-17-8-4-5-9-18(17)21-19(11-10-15-12-13-24-14-15)22(20)16-6-2-1-3-7-16/h1-14H. The predicted octanol–water partition coefficient (Wildman–Crippen LogP) is 4.62. The van der Waals surface area contributed by atoms with E-state index >= 15 is 0 Å². The average molecular weight is 330 g/mol. The van der Waals surface area contributed by atoms with Gasteiger partial charge in [-0.25, -0.2) is 4.98 Å². The molecule has 0 saturated carbocycles. The van der Waals surface area contributed by atoms with Gasteiger partial charge in [-0.05, 0) is 52.7 Å². The number of rotatable bonds is 3. The lowest BCUT2D eigenvalue weighted by molar-refractivity contribution is 0.944. The summed E-state index contributed by atoms with van der Waals surface area (Å²) in [7, 11) is 0. The quantitative estimate of drug-likeness (QED) is 0.549. The first kappa shape index (κ1) is 14.6. The average Bonchev–Trinajstić information content (AvgIpc) is 3.14. The molecule has 4 rings (SSSR count). The van der Waals surface area contributed by atoms with Crippen molar-refractivity contribution in [2.45, 2.75) is 0 Å². The van der Waals surface area contributed by atoms with E-state index in [1.807, 2.05) is 78.2 Å². The second-order valence-electron chi connectivity index (χ2n) is 5.35. The van der Waals surface area contributed by atoms with E-state index in [0.717, 1.165) is 11.3 Å². The number of benzene rings is 2. The number of fused-ring (bicyclic) bond motifs is 1. The Kier molecular flexibility index (Phi) is 3.81. The van der Waals surface area contributed by atoms with Crippen LogP contribution in [-0.4, -0.2) is 9.55 Å². The lowest BCUT2D eigenvalue weighted by Gasteiger charge is -2.11. The lowest BCUT2D eigenvalue weighted by Crippen LogP contribution is -2.22. The van der Waals surface area contributed by atoms with E-state index in [0.29, 0.717) is 16.7 Å². The molecule has 4 heteroatoms. The summed E-state index contributed by atoms with van der Waals surface area (Å²) in [5.41, 5.74) is 2.56. The van der Waals surface area contributed by atoms with Gasteiger partial charge in [0.05, 0.1) is 16.6 Å². The molecule has 0 spiro atoms. The van der Waals surface area contributed by atoms with Gasteiger partial charge < -0.3 is 0 Å². The van der Waals surface area contributed by atoms with Gasteiger partial charge in [0.2, 0.25) is 0 Å². The third kappa shape index (κ3) is 2.68. The van der Waals surface area contributed by atoms with Gasteiger partial charge in [0.25, 0.3) is 5.56 Å². The van der Waals surface area contributed by atoms with Crippen LogP contribution < -0.4 is 5.56 Å². The van der Waals surface area contributed by atoms with Crippen LogP contribution in [0.15, 0.2) is 76.2 Å². The van der Waals surface area contributed by atoms with Crippen molar-refractivity contribution < 1.29 is 0 Å². The second-order valence-corrected chi connectivity index (χ2v) is 6.13. The van der Waals surface area contributed by atoms with Gasteiger partial charge in [0, 0.05) is 0 Å². The Morgan fingerprint density at radius 2 is 1.71 bits per heavy atom. The van der Waals surface area contributed by atoms with Crippen molar-refractivity contribution in [2.24, 2.45) is 0 Å². The van der Waals surface area contributed by atoms with E-state index in [4.69, 9.17) is 4.98 Å². The van der Waals surface area contributed by atoms with Crippen LogP contribution in [0.1, 0.15) is 11.4 Å². The summed E-state index contributed by atoms with van der Waals surface area (Å²) in [5.74, 6) is 0.621. The van der Waals surface area contributed by atoms with Gasteiger partial charge in [-0.3, -0.25) is 9.36 Å². The summed E-state index contributed by atoms with van der Waals surface area (Å²) in [6.45, 7) is 0. The summed E-state index contributed by atoms with van der Waals surface area (Å²) >= 11 is 1.64. The van der Waals surface area contributed by atoms with Crippen LogP contribution in [0.5, 0.6) is 0 Å². The van der Waals surface area contributed by atoms with E-state index in [1.54, 1.807) is 15.9 Å². The largest absolute Gasteiger partial charge is 0.268 e. The minimum atomic E-state index is -0.0585. The van der Waals surface area contributed by atoms with Gasteiger partial charge >= 0.3 is 0 Å². The summed E-state index contributed by atoms with van der Waals surface area (Å²) in [4.78, 5) is 17.7. The van der Waals surface area contributed by atoms with Crippen molar-refractivity contribution >= 4 is 34.4 Å². The third-order valence-electron chi connectivity index (χ3n) is 3.78. The smallest absolute Gasteiger partial charge is 0.266 e. The molecule has 2 aromatic heterocycles. The van der Waals surface area contributed by atoms with Gasteiger partial charge in [0.1, 0.15) is 5.82 Å². The van der Waals surface area contributed by atoms with Crippen molar-refractivity contribution in [3.05, 3.63) is 93.2 Å². The Labute approximate surface area is 143 Å². The van der Waals surface area contributed by atoms with Crippen molar-refractivity contribution in [3.8, 4) is 5.69 Å². The first-order chi connectivity index (χ1) is 11.8. The summed E-state index contributed by atoms with van der Waals surface area (Å²) in [6, 6.07) is 19.1. The van der Waals surface area contributed by atoms with E-state index in [2.05, 4.69) is 5.38 Å². The first-order valence-corrected chi connectivity index (χ1v) is 8.55. The first-order valence-electron chi connectivity index (χ1n) is 7.60. The molecular weight excluding hydrogens is 316 g/mol. The molecule has 24 heavy (non-hydrogen) atoms. The van der Waals surface area contributed by atoms with Crippen LogP contribution in [0.2, 0.25) is 0 Å². The van der Waals surface area contributed by atoms with Crippen molar-refractivity contribution in [1.29, 1.82) is 0 Å². The molecule has 0 radical (unpaired) electrons. The van der Waals surface area contributed by atoms with Crippen LogP contribution in [0.3, 0.4) is 0 Å². The van der Waals surface area contributed by atoms with Crippen LogP contribution in [0.25, 0.3) is 28.7 Å². The molecule has 0 aliphatic heterocycles. The molecule has 0 fully saturated rings. The van der Waals surface area contributed by atoms with E-state index in [9.17, 15) is 4.79 Å². The number of hydrogen-bond acceptors (Lipinski definition) is 3. The highest BCUT2D eigenvalue weighted by Gasteiger charge is 2.10. The summed E-state index contributed by atoms with van der Waals surface area (Å²) in [5, 5.41) is 4.70. The highest BCUT2D eigenvalue weighted by molar-refractivity contribution is 7.08. The fourth-order valence-corrected chi connectivity index (χ4v) is 3.26. The maximum Gasteiger partial charge on any atom is 0.266 e. The summed E-state index contributed by atoms with van der Waals surface area (Å²) in [6.07, 6.45) is 3.87. The molecule has 3 nitrogen and oxygen atoms in total. The van der Waals surface area contributed by atoms with Crippen molar-refractivity contribution in [2.75, 3.05) is 0 Å². The van der Waals surface area contributed by atoms with Crippen LogP contribution in [0, 0.1) is 0 Å². The molecule has 0 atom stereocenters. The molecule has 0 unspecified atom stereocenters. The van der Waals surface area contributed by atoms with E-state index < -0.39 is 0 Å². The Morgan fingerprint density at radius 1 is 0.917 bits per heavy atom. The second kappa shape index (κ2) is 6.26. The molecule has 0 aliphatic rings. The zero-order valence-electron chi connectivity index (χ0n) is 12.8. The highest BCUT2D eigenvalue weighted by Crippen LogP contribution is 2.16. The fraction of sp³-hybridized carbons (Fsp3) is 0. The van der Waals surface area contributed by atoms with Crippen LogP contribution in [-0.2, 0) is 0 Å². The number of nitrogens with zero attached hydrogens (tertiary/aromatic N) is 2. The Balaban J connectivity index is 1.98. The van der Waals surface area contributed by atoms with E-state index in [1.165, 1.54) is 0 Å². The molecule has 0 bridgehead atoms. The topological polar surface area (TPSA) is 34.9 Å².